The van der Waals surface area contributed by atoms with Crippen molar-refractivity contribution in [1.82, 2.24) is 19.4 Å². The molecule has 0 fully saturated rings. The fourth-order valence-corrected chi connectivity index (χ4v) is 3.74. The summed E-state index contributed by atoms with van der Waals surface area (Å²) in [6, 6.07) is 14.4. The fourth-order valence-electron chi connectivity index (χ4n) is 3.74. The molecule has 0 amide bonds. The van der Waals surface area contributed by atoms with Crippen molar-refractivity contribution in [3.63, 3.8) is 0 Å². The summed E-state index contributed by atoms with van der Waals surface area (Å²) in [6.07, 6.45) is 5.63. The van der Waals surface area contributed by atoms with E-state index in [0.29, 0.717) is 5.92 Å². The Bertz CT molecular complexity index is 1220. The lowest BCUT2D eigenvalue weighted by Crippen LogP contribution is -2.20. The molecule has 5 heteroatoms. The number of fused-ring (bicyclic) bond motifs is 1. The van der Waals surface area contributed by atoms with E-state index in [1.54, 1.807) is 0 Å². The molecule has 0 aliphatic rings. The van der Waals surface area contributed by atoms with Crippen molar-refractivity contribution in [2.45, 2.75) is 54.1 Å². The number of imidazole rings is 1. The SMILES string of the molecule is CCc1ccc(-c2nc3cc(CO)ccn3c2-c2ccnc(CC(C)C(C)(C)C)n2)cc1. The van der Waals surface area contributed by atoms with Gasteiger partial charge in [0.2, 0.25) is 0 Å². The summed E-state index contributed by atoms with van der Waals surface area (Å²) in [5, 5.41) is 9.59. The van der Waals surface area contributed by atoms with E-state index >= 15 is 0 Å². The number of hydrogen-bond acceptors (Lipinski definition) is 4. The van der Waals surface area contributed by atoms with Gasteiger partial charge < -0.3 is 5.11 Å². The molecule has 1 unspecified atom stereocenters. The highest BCUT2D eigenvalue weighted by atomic mass is 16.3. The van der Waals surface area contributed by atoms with E-state index in [0.717, 1.165) is 52.5 Å². The molecule has 3 aromatic heterocycles. The van der Waals surface area contributed by atoms with E-state index in [9.17, 15) is 5.11 Å². The van der Waals surface area contributed by atoms with Gasteiger partial charge in [-0.2, -0.15) is 0 Å². The van der Waals surface area contributed by atoms with Gasteiger partial charge in [-0.25, -0.2) is 15.0 Å². The Morgan fingerprint density at radius 1 is 1.00 bits per heavy atom. The van der Waals surface area contributed by atoms with Crippen LogP contribution in [-0.2, 0) is 19.4 Å². The van der Waals surface area contributed by atoms with Crippen LogP contribution in [0, 0.1) is 11.3 Å². The van der Waals surface area contributed by atoms with Crippen molar-refractivity contribution in [2.24, 2.45) is 11.3 Å². The van der Waals surface area contributed by atoms with Crippen LogP contribution in [0.4, 0.5) is 0 Å². The molecule has 0 radical (unpaired) electrons. The number of aliphatic hydroxyl groups excluding tert-OH is 1. The topological polar surface area (TPSA) is 63.3 Å². The quantitative estimate of drug-likeness (QED) is 0.425. The summed E-state index contributed by atoms with van der Waals surface area (Å²) in [5.41, 5.74) is 6.85. The van der Waals surface area contributed by atoms with Gasteiger partial charge in [-0.15, -0.1) is 0 Å². The van der Waals surface area contributed by atoms with Gasteiger partial charge in [-0.05, 0) is 47.1 Å². The van der Waals surface area contributed by atoms with E-state index in [1.165, 1.54) is 5.56 Å². The Morgan fingerprint density at radius 2 is 1.75 bits per heavy atom. The standard InChI is InChI=1S/C27H32N4O/c1-6-19-7-9-21(10-8-19)25-26(31-14-12-20(17-32)16-24(31)30-25)22-11-13-28-23(29-22)15-18(2)27(3,4)5/h7-14,16,18,32H,6,15,17H2,1-5H3. The predicted octanol–water partition coefficient (Wildman–Crippen LogP) is 5.74. The number of aliphatic hydroxyl groups is 1. The highest BCUT2D eigenvalue weighted by molar-refractivity contribution is 5.80. The zero-order valence-corrected chi connectivity index (χ0v) is 19.6. The zero-order valence-electron chi connectivity index (χ0n) is 19.6. The third-order valence-electron chi connectivity index (χ3n) is 6.42. The molecule has 4 aromatic rings. The first-order valence-electron chi connectivity index (χ1n) is 11.3. The second kappa shape index (κ2) is 8.83. The first-order valence-corrected chi connectivity index (χ1v) is 11.3. The second-order valence-electron chi connectivity index (χ2n) is 9.61. The fraction of sp³-hybridized carbons (Fsp3) is 0.370. The van der Waals surface area contributed by atoms with Gasteiger partial charge in [0.15, 0.2) is 0 Å². The summed E-state index contributed by atoms with van der Waals surface area (Å²) >= 11 is 0. The third kappa shape index (κ3) is 4.44. The summed E-state index contributed by atoms with van der Waals surface area (Å²) in [6.45, 7) is 11.2. The van der Waals surface area contributed by atoms with Crippen LogP contribution in [-0.4, -0.2) is 24.5 Å². The van der Waals surface area contributed by atoms with E-state index < -0.39 is 0 Å². The van der Waals surface area contributed by atoms with Gasteiger partial charge in [0.25, 0.3) is 0 Å². The van der Waals surface area contributed by atoms with E-state index in [4.69, 9.17) is 9.97 Å². The Labute approximate surface area is 190 Å². The summed E-state index contributed by atoms with van der Waals surface area (Å²) in [4.78, 5) is 14.5. The van der Waals surface area contributed by atoms with Crippen LogP contribution < -0.4 is 0 Å². The average Bonchev–Trinajstić information content (AvgIpc) is 3.17. The van der Waals surface area contributed by atoms with Gasteiger partial charge in [0, 0.05) is 24.4 Å². The van der Waals surface area contributed by atoms with E-state index in [-0.39, 0.29) is 12.0 Å². The van der Waals surface area contributed by atoms with Crippen LogP contribution in [0.15, 0.2) is 54.9 Å². The summed E-state index contributed by atoms with van der Waals surface area (Å²) < 4.78 is 2.06. The molecule has 5 nitrogen and oxygen atoms in total. The van der Waals surface area contributed by atoms with Crippen molar-refractivity contribution in [3.05, 3.63) is 71.8 Å². The van der Waals surface area contributed by atoms with Crippen LogP contribution in [0.1, 0.15) is 51.6 Å². The Hall–Kier alpha value is -3.05. The maximum absolute atomic E-state index is 9.59. The molecule has 0 bridgehead atoms. The van der Waals surface area contributed by atoms with Crippen LogP contribution in [0.5, 0.6) is 0 Å². The first-order chi connectivity index (χ1) is 15.3. The maximum atomic E-state index is 9.59. The van der Waals surface area contributed by atoms with Gasteiger partial charge in [0.1, 0.15) is 11.5 Å². The van der Waals surface area contributed by atoms with Gasteiger partial charge in [-0.3, -0.25) is 4.40 Å². The summed E-state index contributed by atoms with van der Waals surface area (Å²) in [5.74, 6) is 1.30. The average molecular weight is 429 g/mol. The number of rotatable bonds is 6. The van der Waals surface area contributed by atoms with Gasteiger partial charge in [0.05, 0.1) is 23.7 Å². The van der Waals surface area contributed by atoms with Gasteiger partial charge in [-0.1, -0.05) is 58.9 Å². The second-order valence-corrected chi connectivity index (χ2v) is 9.61. The molecule has 0 spiro atoms. The lowest BCUT2D eigenvalue weighted by atomic mass is 9.80. The molecule has 1 atom stereocenters. The highest BCUT2D eigenvalue weighted by Crippen LogP contribution is 2.33. The van der Waals surface area contributed by atoms with E-state index in [2.05, 4.69) is 68.3 Å². The van der Waals surface area contributed by atoms with Crippen LogP contribution in [0.3, 0.4) is 0 Å². The van der Waals surface area contributed by atoms with Crippen LogP contribution in [0.2, 0.25) is 0 Å². The largest absolute Gasteiger partial charge is 0.392 e. The minimum atomic E-state index is -0.0123. The first kappa shape index (κ1) is 22.2. The molecule has 0 aliphatic heterocycles. The molecule has 1 aromatic carbocycles. The predicted molar refractivity (Wildman–Crippen MR) is 129 cm³/mol. The molecule has 4 rings (SSSR count). The molecule has 0 saturated carbocycles. The molecular weight excluding hydrogens is 396 g/mol. The minimum Gasteiger partial charge on any atom is -0.392 e. The van der Waals surface area contributed by atoms with Crippen molar-refractivity contribution in [2.75, 3.05) is 0 Å². The Balaban J connectivity index is 1.86. The third-order valence-corrected chi connectivity index (χ3v) is 6.42. The monoisotopic (exact) mass is 428 g/mol. The number of benzene rings is 1. The molecular formula is C27H32N4O. The number of aryl methyl sites for hydroxylation is 1. The zero-order chi connectivity index (χ0) is 22.9. The number of aromatic nitrogens is 4. The number of nitrogens with zero attached hydrogens (tertiary/aromatic N) is 4. The maximum Gasteiger partial charge on any atom is 0.138 e. The van der Waals surface area contributed by atoms with Crippen molar-refractivity contribution in [3.8, 4) is 22.6 Å². The number of pyridine rings is 1. The highest BCUT2D eigenvalue weighted by Gasteiger charge is 2.22. The molecule has 1 N–H and O–H groups in total. The lowest BCUT2D eigenvalue weighted by molar-refractivity contribution is 0.256. The van der Waals surface area contributed by atoms with Gasteiger partial charge >= 0.3 is 0 Å². The van der Waals surface area contributed by atoms with Crippen molar-refractivity contribution >= 4 is 5.65 Å². The number of hydrogen-bond donors (Lipinski definition) is 1. The smallest absolute Gasteiger partial charge is 0.138 e. The van der Waals surface area contributed by atoms with Crippen molar-refractivity contribution in [1.29, 1.82) is 0 Å². The normalized spacial score (nSPS) is 12.9. The molecule has 0 aliphatic carbocycles. The summed E-state index contributed by atoms with van der Waals surface area (Å²) in [7, 11) is 0. The minimum absolute atomic E-state index is 0.0123. The van der Waals surface area contributed by atoms with Crippen LogP contribution in [0.25, 0.3) is 28.3 Å². The van der Waals surface area contributed by atoms with Crippen LogP contribution >= 0.6 is 0 Å². The molecule has 3 heterocycles. The molecule has 0 saturated heterocycles. The van der Waals surface area contributed by atoms with Crippen molar-refractivity contribution < 1.29 is 5.11 Å². The Morgan fingerprint density at radius 3 is 2.41 bits per heavy atom. The molecule has 166 valence electrons. The Kier molecular flexibility index (Phi) is 6.11. The lowest BCUT2D eigenvalue weighted by Gasteiger charge is -2.26. The van der Waals surface area contributed by atoms with E-state index in [1.807, 2.05) is 30.6 Å². The molecule has 32 heavy (non-hydrogen) atoms.